The zero-order valence-corrected chi connectivity index (χ0v) is 30.7. The van der Waals surface area contributed by atoms with Crippen LogP contribution in [0.5, 0.6) is 5.75 Å². The van der Waals surface area contributed by atoms with Crippen LogP contribution in [0, 0.1) is 17.1 Å². The first-order valence-electron chi connectivity index (χ1n) is 18.0. The number of hydrogen-bond acceptors (Lipinski definition) is 14. The highest BCUT2D eigenvalue weighted by Crippen LogP contribution is 2.32. The third kappa shape index (κ3) is 7.60. The molecule has 0 bridgehead atoms. The molecule has 6 aromatic rings. The molecule has 292 valence electrons. The maximum absolute atomic E-state index is 13.3. The molecule has 0 atom stereocenters. The molecule has 3 aliphatic rings. The predicted molar refractivity (Wildman–Crippen MR) is 207 cm³/mol. The average Bonchev–Trinajstić information content (AvgIpc) is 3.83. The van der Waals surface area contributed by atoms with E-state index in [9.17, 15) is 19.1 Å². The van der Waals surface area contributed by atoms with E-state index in [2.05, 4.69) is 40.9 Å². The number of nitrogen functional groups attached to an aromatic ring is 1. The lowest BCUT2D eigenvalue weighted by molar-refractivity contribution is 0.0590. The fraction of sp³-hybridized carbons (Fsp3) is 0.342. The average molecular weight is 769 g/mol. The number of benzene rings is 3. The van der Waals surface area contributed by atoms with Gasteiger partial charge in [0.1, 0.15) is 17.4 Å². The van der Waals surface area contributed by atoms with E-state index in [1.807, 2.05) is 41.3 Å². The molecule has 9 rings (SSSR count). The summed E-state index contributed by atoms with van der Waals surface area (Å²) in [5, 5.41) is 30.5. The van der Waals surface area contributed by atoms with Crippen LogP contribution in [-0.2, 0) is 18.9 Å². The van der Waals surface area contributed by atoms with Crippen LogP contribution in [0.3, 0.4) is 0 Å². The highest BCUT2D eigenvalue weighted by Gasteiger charge is 2.24. The van der Waals surface area contributed by atoms with E-state index in [0.717, 1.165) is 53.1 Å². The van der Waals surface area contributed by atoms with Crippen LogP contribution >= 0.6 is 0 Å². The van der Waals surface area contributed by atoms with Crippen LogP contribution < -0.4 is 26.0 Å². The normalized spacial score (nSPS) is 15.8. The number of morpholine rings is 3. The Labute approximate surface area is 319 Å². The molecule has 3 aromatic heterocycles. The van der Waals surface area contributed by atoms with Gasteiger partial charge in [-0.25, -0.2) is 14.2 Å². The van der Waals surface area contributed by atoms with Gasteiger partial charge in [-0.3, -0.25) is 15.0 Å². The van der Waals surface area contributed by atoms with E-state index < -0.39 is 28.8 Å². The number of halogens is 1. The summed E-state index contributed by atoms with van der Waals surface area (Å²) in [5.41, 5.74) is 9.48. The van der Waals surface area contributed by atoms with E-state index in [0.29, 0.717) is 75.0 Å². The lowest BCUT2D eigenvalue weighted by atomic mass is 10.1. The number of aromatic nitrogens is 5. The van der Waals surface area contributed by atoms with Gasteiger partial charge in [0.25, 0.3) is 0 Å². The number of nitrogens with one attached hydrogen (secondary N) is 2. The van der Waals surface area contributed by atoms with Crippen molar-refractivity contribution in [3.05, 3.63) is 82.0 Å². The zero-order valence-electron chi connectivity index (χ0n) is 30.7. The second-order valence-electron chi connectivity index (χ2n) is 12.9. The minimum absolute atomic E-state index is 0.124. The van der Waals surface area contributed by atoms with Gasteiger partial charge in [0, 0.05) is 39.3 Å². The molecule has 5 N–H and O–H groups in total. The first-order chi connectivity index (χ1) is 27.3. The Hall–Kier alpha value is -6.42. The van der Waals surface area contributed by atoms with Gasteiger partial charge in [-0.15, -0.1) is 0 Å². The molecule has 0 unspecified atom stereocenters. The van der Waals surface area contributed by atoms with Crippen LogP contribution in [0.25, 0.3) is 27.5 Å². The maximum atomic E-state index is 13.3. The topological polar surface area (TPSA) is 213 Å². The summed E-state index contributed by atoms with van der Waals surface area (Å²) >= 11 is 0. The number of rotatable bonds is 4. The first-order valence-corrected chi connectivity index (χ1v) is 18.0. The van der Waals surface area contributed by atoms with E-state index >= 15 is 0 Å². The van der Waals surface area contributed by atoms with Gasteiger partial charge in [0.05, 0.1) is 85.6 Å². The molecular weight excluding hydrogens is 727 g/mol. The Bertz CT molecular complexity index is 2440. The number of H-pyrrole nitrogens is 2. The summed E-state index contributed by atoms with van der Waals surface area (Å²) in [6.45, 7) is 8.67. The Morgan fingerprint density at radius 1 is 0.839 bits per heavy atom. The second kappa shape index (κ2) is 16.9. The number of fused-ring (bicyclic) bond motifs is 4. The molecule has 18 heteroatoms. The van der Waals surface area contributed by atoms with Gasteiger partial charge in [-0.05, 0) is 36.4 Å². The Morgan fingerprint density at radius 3 is 1.93 bits per heavy atom. The standard InChI is InChI=1S/C16H16N4O5.C11H11FN2O.C11H14N4O/c1-24-16(23)12-13(21)15(22)20-14(17-12)11-9(18-20)3-2-4-10(11)19-5-7-25-8-6-19;12-10-2-1-3-11(9(10)8-13)14-4-6-15-7-5-14;12-11-10-8(13-14-11)2-1-3-9(10)15-4-6-16-7-5-15/h2-4,18,21H,5-8H2,1H3;1-3H,4-7H2;1-3H,4-7H2,(H3,12,13,14). The number of hydrogen-bond donors (Lipinski definition) is 4. The van der Waals surface area contributed by atoms with Crippen molar-refractivity contribution >= 4 is 56.3 Å². The van der Waals surface area contributed by atoms with E-state index in [4.69, 9.17) is 25.2 Å². The van der Waals surface area contributed by atoms with Gasteiger partial charge < -0.3 is 44.5 Å². The van der Waals surface area contributed by atoms with Crippen molar-refractivity contribution in [2.45, 2.75) is 0 Å². The fourth-order valence-electron chi connectivity index (χ4n) is 6.92. The number of anilines is 4. The third-order valence-electron chi connectivity index (χ3n) is 9.69. The van der Waals surface area contributed by atoms with Gasteiger partial charge in [-0.2, -0.15) is 14.9 Å². The highest BCUT2D eigenvalue weighted by molar-refractivity contribution is 6.03. The number of carbonyl (C=O) groups excluding carboxylic acids is 1. The maximum Gasteiger partial charge on any atom is 0.360 e. The molecular formula is C38H41FN10O7. The van der Waals surface area contributed by atoms with Crippen molar-refractivity contribution in [2.75, 3.05) is 106 Å². The number of carbonyl (C=O) groups is 1. The summed E-state index contributed by atoms with van der Waals surface area (Å²) in [5.74, 6) is -1.50. The lowest BCUT2D eigenvalue weighted by Crippen LogP contribution is -2.36. The van der Waals surface area contributed by atoms with Crippen LogP contribution in [0.2, 0.25) is 0 Å². The molecule has 3 saturated heterocycles. The Kier molecular flexibility index (Phi) is 11.5. The van der Waals surface area contributed by atoms with Gasteiger partial charge >= 0.3 is 11.5 Å². The van der Waals surface area contributed by atoms with Crippen molar-refractivity contribution in [2.24, 2.45) is 0 Å². The molecule has 6 heterocycles. The Balaban J connectivity index is 0.000000135. The number of esters is 1. The number of nitrogens with two attached hydrogens (primary N) is 1. The summed E-state index contributed by atoms with van der Waals surface area (Å²) < 4.78 is 35.0. The van der Waals surface area contributed by atoms with Crippen molar-refractivity contribution in [1.29, 1.82) is 5.26 Å². The van der Waals surface area contributed by atoms with Crippen LogP contribution in [0.1, 0.15) is 16.1 Å². The van der Waals surface area contributed by atoms with Crippen molar-refractivity contribution in [3.8, 4) is 11.8 Å². The third-order valence-corrected chi connectivity index (χ3v) is 9.69. The van der Waals surface area contributed by atoms with Crippen molar-refractivity contribution in [1.82, 2.24) is 24.8 Å². The number of aromatic amines is 2. The fourth-order valence-corrected chi connectivity index (χ4v) is 6.92. The molecule has 0 saturated carbocycles. The predicted octanol–water partition coefficient (Wildman–Crippen LogP) is 3.02. The SMILES string of the molecule is COC(=O)c1nc2c3c(N4CCOCC4)cccc3[nH]n2c(=O)c1O.N#Cc1c(F)cccc1N1CCOCC1.Nc1n[nH]c2cccc(N3CCOCC3)c12. The van der Waals surface area contributed by atoms with Crippen LogP contribution in [-0.4, -0.2) is 122 Å². The molecule has 0 radical (unpaired) electrons. The van der Waals surface area contributed by atoms with Crippen molar-refractivity contribution < 1.29 is 33.2 Å². The molecule has 0 amide bonds. The Morgan fingerprint density at radius 2 is 1.36 bits per heavy atom. The summed E-state index contributed by atoms with van der Waals surface area (Å²) in [6, 6.07) is 18.3. The molecule has 17 nitrogen and oxygen atoms in total. The number of aromatic hydroxyl groups is 1. The quantitative estimate of drug-likeness (QED) is 0.190. The summed E-state index contributed by atoms with van der Waals surface area (Å²) in [4.78, 5) is 34.9. The van der Waals surface area contributed by atoms with Crippen molar-refractivity contribution in [3.63, 3.8) is 0 Å². The lowest BCUT2D eigenvalue weighted by Gasteiger charge is -2.29. The highest BCUT2D eigenvalue weighted by atomic mass is 19.1. The molecule has 0 aliphatic carbocycles. The first kappa shape index (κ1) is 37.9. The van der Waals surface area contributed by atoms with E-state index in [-0.39, 0.29) is 11.2 Å². The molecule has 3 aliphatic heterocycles. The molecule has 0 spiro atoms. The van der Waals surface area contributed by atoms with Crippen LogP contribution in [0.15, 0.2) is 59.4 Å². The number of nitrogens with zero attached hydrogens (tertiary/aromatic N) is 7. The van der Waals surface area contributed by atoms with Crippen LogP contribution in [0.4, 0.5) is 27.3 Å². The van der Waals surface area contributed by atoms with E-state index in [1.54, 1.807) is 12.1 Å². The minimum atomic E-state index is -0.865. The molecule has 56 heavy (non-hydrogen) atoms. The summed E-state index contributed by atoms with van der Waals surface area (Å²) in [6.07, 6.45) is 0. The summed E-state index contributed by atoms with van der Waals surface area (Å²) in [7, 11) is 1.17. The monoisotopic (exact) mass is 768 g/mol. The smallest absolute Gasteiger partial charge is 0.360 e. The zero-order chi connectivity index (χ0) is 39.2. The van der Waals surface area contributed by atoms with Gasteiger partial charge in [0.2, 0.25) is 5.75 Å². The number of methoxy groups -OCH3 is 1. The number of nitriles is 1. The molecule has 3 fully saturated rings. The minimum Gasteiger partial charge on any atom is -0.501 e. The number of ether oxygens (including phenoxy) is 4. The molecule has 3 aromatic carbocycles. The second-order valence-corrected chi connectivity index (χ2v) is 12.9. The van der Waals surface area contributed by atoms with Gasteiger partial charge in [-0.1, -0.05) is 18.2 Å². The largest absolute Gasteiger partial charge is 0.501 e. The van der Waals surface area contributed by atoms with E-state index in [1.165, 1.54) is 13.2 Å². The van der Waals surface area contributed by atoms with Gasteiger partial charge in [0.15, 0.2) is 17.2 Å².